The number of nitrogens with one attached hydrogen (secondary N) is 1. The summed E-state index contributed by atoms with van der Waals surface area (Å²) >= 11 is 0. The summed E-state index contributed by atoms with van der Waals surface area (Å²) in [7, 11) is 0. The molecule has 138 valence electrons. The van der Waals surface area contributed by atoms with Gasteiger partial charge >= 0.3 is 0 Å². The van der Waals surface area contributed by atoms with Gasteiger partial charge in [0.05, 0.1) is 6.20 Å². The van der Waals surface area contributed by atoms with Gasteiger partial charge in [-0.3, -0.25) is 19.9 Å². The fourth-order valence-electron chi connectivity index (χ4n) is 3.05. The Morgan fingerprint density at radius 1 is 0.857 bits per heavy atom. The lowest BCUT2D eigenvalue weighted by Crippen LogP contribution is -2.30. The molecule has 3 heterocycles. The van der Waals surface area contributed by atoms with Gasteiger partial charge in [0.1, 0.15) is 0 Å². The zero-order valence-corrected chi connectivity index (χ0v) is 15.2. The number of pyridine rings is 2. The van der Waals surface area contributed by atoms with Crippen LogP contribution in [0.1, 0.15) is 21.5 Å². The van der Waals surface area contributed by atoms with Crippen molar-refractivity contribution in [2.24, 2.45) is 0 Å². The predicted octanol–water partition coefficient (Wildman–Crippen LogP) is 3.71. The monoisotopic (exact) mass is 369 g/mol. The zero-order chi connectivity index (χ0) is 19.2. The van der Waals surface area contributed by atoms with Crippen LogP contribution in [0.15, 0.2) is 85.7 Å². The number of H-pyrrole nitrogens is 1. The van der Waals surface area contributed by atoms with E-state index in [2.05, 4.69) is 20.2 Å². The third-order valence-corrected chi connectivity index (χ3v) is 4.42. The van der Waals surface area contributed by atoms with Gasteiger partial charge in [0, 0.05) is 55.2 Å². The summed E-state index contributed by atoms with van der Waals surface area (Å²) in [5.74, 6) is -0.0435. The number of amides is 1. The average molecular weight is 369 g/mol. The van der Waals surface area contributed by atoms with E-state index in [9.17, 15) is 4.79 Å². The second-order valence-electron chi connectivity index (χ2n) is 6.45. The summed E-state index contributed by atoms with van der Waals surface area (Å²) in [5, 5.41) is 6.79. The van der Waals surface area contributed by atoms with Crippen LogP contribution in [-0.2, 0) is 13.1 Å². The number of hydrogen-bond acceptors (Lipinski definition) is 4. The van der Waals surface area contributed by atoms with E-state index in [1.165, 1.54) is 0 Å². The molecule has 0 unspecified atom stereocenters. The predicted molar refractivity (Wildman–Crippen MR) is 106 cm³/mol. The Hall–Kier alpha value is -3.80. The number of rotatable bonds is 6. The maximum absolute atomic E-state index is 13.3. The molecule has 0 aliphatic rings. The van der Waals surface area contributed by atoms with Crippen molar-refractivity contribution in [3.05, 3.63) is 102 Å². The van der Waals surface area contributed by atoms with Crippen LogP contribution < -0.4 is 0 Å². The van der Waals surface area contributed by atoms with Crippen LogP contribution in [0.3, 0.4) is 0 Å². The van der Waals surface area contributed by atoms with Crippen LogP contribution in [-0.4, -0.2) is 31.0 Å². The van der Waals surface area contributed by atoms with Crippen LogP contribution in [0.4, 0.5) is 0 Å². The second-order valence-corrected chi connectivity index (χ2v) is 6.45. The van der Waals surface area contributed by atoms with Gasteiger partial charge in [0.2, 0.25) is 0 Å². The molecule has 0 spiro atoms. The van der Waals surface area contributed by atoms with Crippen LogP contribution in [0.25, 0.3) is 11.1 Å². The smallest absolute Gasteiger partial charge is 0.254 e. The first kappa shape index (κ1) is 17.6. The summed E-state index contributed by atoms with van der Waals surface area (Å²) in [5.41, 5.74) is 4.48. The molecule has 0 aliphatic carbocycles. The molecule has 0 aliphatic heterocycles. The normalized spacial score (nSPS) is 10.6. The third-order valence-electron chi connectivity index (χ3n) is 4.42. The average Bonchev–Trinajstić information content (AvgIpc) is 3.29. The minimum Gasteiger partial charge on any atom is -0.330 e. The highest BCUT2D eigenvalue weighted by Crippen LogP contribution is 2.21. The largest absolute Gasteiger partial charge is 0.330 e. The van der Waals surface area contributed by atoms with Gasteiger partial charge in [-0.1, -0.05) is 24.3 Å². The molecule has 1 N–H and O–H groups in total. The van der Waals surface area contributed by atoms with Crippen molar-refractivity contribution in [1.82, 2.24) is 25.1 Å². The Morgan fingerprint density at radius 3 is 2.14 bits per heavy atom. The Bertz CT molecular complexity index is 991. The van der Waals surface area contributed by atoms with Gasteiger partial charge < -0.3 is 4.90 Å². The summed E-state index contributed by atoms with van der Waals surface area (Å²) in [6, 6.07) is 15.3. The van der Waals surface area contributed by atoms with E-state index in [4.69, 9.17) is 0 Å². The van der Waals surface area contributed by atoms with E-state index in [1.54, 1.807) is 31.0 Å². The summed E-state index contributed by atoms with van der Waals surface area (Å²) in [6.45, 7) is 0.939. The number of hydrogen-bond donors (Lipinski definition) is 1. The van der Waals surface area contributed by atoms with Gasteiger partial charge in [-0.15, -0.1) is 0 Å². The summed E-state index contributed by atoms with van der Waals surface area (Å²) in [4.78, 5) is 23.5. The second kappa shape index (κ2) is 8.26. The Balaban J connectivity index is 1.63. The molecular weight excluding hydrogens is 350 g/mol. The van der Waals surface area contributed by atoms with Crippen molar-refractivity contribution in [1.29, 1.82) is 0 Å². The number of carbonyl (C=O) groups is 1. The van der Waals surface area contributed by atoms with E-state index in [0.717, 1.165) is 22.3 Å². The molecule has 1 aromatic carbocycles. The van der Waals surface area contributed by atoms with Crippen molar-refractivity contribution in [2.45, 2.75) is 13.1 Å². The lowest BCUT2D eigenvalue weighted by atomic mass is 10.0. The van der Waals surface area contributed by atoms with Crippen LogP contribution >= 0.6 is 0 Å². The molecule has 0 fully saturated rings. The summed E-state index contributed by atoms with van der Waals surface area (Å²) < 4.78 is 0. The first-order chi connectivity index (χ1) is 13.8. The highest BCUT2D eigenvalue weighted by Gasteiger charge is 2.18. The van der Waals surface area contributed by atoms with Crippen LogP contribution in [0, 0.1) is 0 Å². The molecule has 6 nitrogen and oxygen atoms in total. The molecule has 4 rings (SSSR count). The van der Waals surface area contributed by atoms with Crippen LogP contribution in [0.2, 0.25) is 0 Å². The first-order valence-corrected chi connectivity index (χ1v) is 8.96. The van der Waals surface area contributed by atoms with Crippen molar-refractivity contribution in [2.75, 3.05) is 0 Å². The quantitative estimate of drug-likeness (QED) is 0.562. The topological polar surface area (TPSA) is 74.8 Å². The maximum Gasteiger partial charge on any atom is 0.254 e. The molecule has 0 saturated carbocycles. The van der Waals surface area contributed by atoms with Crippen molar-refractivity contribution in [3.63, 3.8) is 0 Å². The minimum absolute atomic E-state index is 0.0435. The molecular formula is C22H19N5O. The fourth-order valence-corrected chi connectivity index (χ4v) is 3.05. The molecule has 0 saturated heterocycles. The Labute approximate surface area is 162 Å². The molecule has 4 aromatic rings. The number of benzene rings is 1. The molecule has 6 heteroatoms. The number of carbonyl (C=O) groups excluding carboxylic acids is 1. The highest BCUT2D eigenvalue weighted by molar-refractivity contribution is 5.95. The fraction of sp³-hybridized carbons (Fsp3) is 0.0909. The molecule has 0 atom stereocenters. The van der Waals surface area contributed by atoms with Gasteiger partial charge in [0.15, 0.2) is 0 Å². The zero-order valence-electron chi connectivity index (χ0n) is 15.2. The molecule has 0 radical (unpaired) electrons. The molecule has 0 bridgehead atoms. The third kappa shape index (κ3) is 4.12. The highest BCUT2D eigenvalue weighted by atomic mass is 16.2. The molecule has 3 aromatic heterocycles. The lowest BCUT2D eigenvalue weighted by Gasteiger charge is -2.23. The number of aromatic nitrogens is 4. The van der Waals surface area contributed by atoms with Gasteiger partial charge in [-0.25, -0.2) is 0 Å². The Kier molecular flexibility index (Phi) is 5.20. The van der Waals surface area contributed by atoms with Gasteiger partial charge in [0.25, 0.3) is 5.91 Å². The van der Waals surface area contributed by atoms with Crippen molar-refractivity contribution in [3.8, 4) is 11.1 Å². The minimum atomic E-state index is -0.0435. The first-order valence-electron chi connectivity index (χ1n) is 8.96. The number of aromatic amines is 1. The van der Waals surface area contributed by atoms with E-state index >= 15 is 0 Å². The van der Waals surface area contributed by atoms with E-state index < -0.39 is 0 Å². The molecule has 28 heavy (non-hydrogen) atoms. The summed E-state index contributed by atoms with van der Waals surface area (Å²) in [6.07, 6.45) is 10.6. The van der Waals surface area contributed by atoms with Gasteiger partial charge in [-0.2, -0.15) is 5.10 Å². The van der Waals surface area contributed by atoms with E-state index in [-0.39, 0.29) is 5.91 Å². The number of nitrogens with zero attached hydrogens (tertiary/aromatic N) is 4. The van der Waals surface area contributed by atoms with E-state index in [0.29, 0.717) is 18.7 Å². The van der Waals surface area contributed by atoms with Crippen molar-refractivity contribution >= 4 is 5.91 Å². The Morgan fingerprint density at radius 2 is 1.57 bits per heavy atom. The SMILES string of the molecule is O=C(c1cccc(-c2cn[nH]c2)c1)N(Cc1cccnc1)Cc1cccnc1. The van der Waals surface area contributed by atoms with E-state index in [1.807, 2.05) is 59.6 Å². The molecule has 1 amide bonds. The lowest BCUT2D eigenvalue weighted by molar-refractivity contribution is 0.0730. The van der Waals surface area contributed by atoms with Crippen molar-refractivity contribution < 1.29 is 4.79 Å². The van der Waals surface area contributed by atoms with Gasteiger partial charge in [-0.05, 0) is 41.0 Å². The standard InChI is InChI=1S/C22H19N5O/c28-22(20-7-1-6-19(10-20)21-13-25-26-14-21)27(15-17-4-2-8-23-11-17)16-18-5-3-9-24-12-18/h1-14H,15-16H2,(H,25,26). The van der Waals surface area contributed by atoms with Crippen LogP contribution in [0.5, 0.6) is 0 Å². The maximum atomic E-state index is 13.3.